The molecule has 0 spiro atoms. The molecular weight excluding hydrogens is 453 g/mol. The molecule has 0 aromatic heterocycles. The number of unbranched alkanes of at least 4 members (excludes halogenated alkanes) is 17. The van der Waals surface area contributed by atoms with Gasteiger partial charge in [-0.2, -0.15) is 0 Å². The highest BCUT2D eigenvalue weighted by atomic mass is 31.2. The molecule has 0 aliphatic carbocycles. The molecule has 0 aromatic rings. The maximum absolute atomic E-state index is 12.7. The highest BCUT2D eigenvalue weighted by Crippen LogP contribution is 2.51. The first kappa shape index (κ1) is 34.9. The van der Waals surface area contributed by atoms with Gasteiger partial charge in [0.15, 0.2) is 5.78 Å². The van der Waals surface area contributed by atoms with Gasteiger partial charge < -0.3 is 13.9 Å². The van der Waals surface area contributed by atoms with Crippen molar-refractivity contribution in [1.29, 1.82) is 0 Å². The van der Waals surface area contributed by atoms with Gasteiger partial charge in [0.2, 0.25) is 0 Å². The Morgan fingerprint density at radius 3 is 1.46 bits per heavy atom. The predicted octanol–water partition coefficient (Wildman–Crippen LogP) is 10.0. The fourth-order valence-corrected chi connectivity index (χ4v) is 6.80. The second-order valence-corrected chi connectivity index (χ2v) is 13.5. The first-order valence-electron chi connectivity index (χ1n) is 15.2. The Morgan fingerprint density at radius 1 is 0.657 bits per heavy atom. The fraction of sp³-hybridized carbons (Fsp3) is 0.933. The Labute approximate surface area is 220 Å². The molecule has 0 radical (unpaired) electrons. The summed E-state index contributed by atoms with van der Waals surface area (Å²) in [5.41, 5.74) is 0. The molecule has 0 saturated carbocycles. The third kappa shape index (κ3) is 21.6. The van der Waals surface area contributed by atoms with Crippen molar-refractivity contribution >= 4 is 7.60 Å². The molecule has 0 aromatic carbocycles. The summed E-state index contributed by atoms with van der Waals surface area (Å²) in [5.74, 6) is -0.349. The number of hydrogen-bond acceptors (Lipinski definition) is 2. The molecular formula is C30H63NO3P+. The van der Waals surface area contributed by atoms with Crippen LogP contribution in [-0.4, -0.2) is 42.9 Å². The van der Waals surface area contributed by atoms with Gasteiger partial charge in [0.25, 0.3) is 0 Å². The van der Waals surface area contributed by atoms with Crippen LogP contribution in [0.5, 0.6) is 0 Å². The zero-order chi connectivity index (χ0) is 26.3. The summed E-state index contributed by atoms with van der Waals surface area (Å²) >= 11 is 0. The second kappa shape index (κ2) is 23.0. The third-order valence-corrected chi connectivity index (χ3v) is 9.26. The second-order valence-electron chi connectivity index (χ2n) is 11.5. The first-order valence-corrected chi connectivity index (χ1v) is 16.8. The van der Waals surface area contributed by atoms with Crippen molar-refractivity contribution in [2.45, 2.75) is 154 Å². The van der Waals surface area contributed by atoms with E-state index in [1.54, 1.807) is 0 Å². The SMILES string of the molecule is CCCCCCCCCCCCCCCCCC/C=C\CCCOP(=O)(O)C(CCC)[N+](C)(C)C. The summed E-state index contributed by atoms with van der Waals surface area (Å²) in [6, 6.07) is 0. The van der Waals surface area contributed by atoms with Gasteiger partial charge in [0.1, 0.15) is 0 Å². The molecule has 0 aliphatic heterocycles. The molecule has 2 atom stereocenters. The Bertz CT molecular complexity index is 530. The van der Waals surface area contributed by atoms with Crippen molar-refractivity contribution in [3.05, 3.63) is 12.2 Å². The van der Waals surface area contributed by atoms with E-state index < -0.39 is 7.60 Å². The highest BCUT2D eigenvalue weighted by Gasteiger charge is 2.41. The average Bonchev–Trinajstić information content (AvgIpc) is 2.80. The van der Waals surface area contributed by atoms with Crippen LogP contribution in [0.3, 0.4) is 0 Å². The van der Waals surface area contributed by atoms with E-state index in [0.717, 1.165) is 25.7 Å². The molecule has 1 N–H and O–H groups in total. The van der Waals surface area contributed by atoms with Gasteiger partial charge >= 0.3 is 7.60 Å². The first-order chi connectivity index (χ1) is 16.8. The summed E-state index contributed by atoms with van der Waals surface area (Å²) in [5, 5.41) is 0. The van der Waals surface area contributed by atoms with Crippen LogP contribution in [0.15, 0.2) is 12.2 Å². The lowest BCUT2D eigenvalue weighted by atomic mass is 10.0. The van der Waals surface area contributed by atoms with E-state index in [4.69, 9.17) is 4.52 Å². The van der Waals surface area contributed by atoms with E-state index >= 15 is 0 Å². The summed E-state index contributed by atoms with van der Waals surface area (Å²) in [7, 11) is 2.31. The largest absolute Gasteiger partial charge is 0.385 e. The third-order valence-electron chi connectivity index (χ3n) is 7.00. The molecule has 5 heteroatoms. The van der Waals surface area contributed by atoms with Crippen LogP contribution < -0.4 is 0 Å². The molecule has 4 nitrogen and oxygen atoms in total. The minimum absolute atomic E-state index is 0.349. The van der Waals surface area contributed by atoms with E-state index in [9.17, 15) is 9.46 Å². The minimum Gasteiger partial charge on any atom is -0.320 e. The summed E-state index contributed by atoms with van der Waals surface area (Å²) in [6.07, 6.45) is 31.5. The quantitative estimate of drug-likeness (QED) is 0.0538. The maximum Gasteiger partial charge on any atom is 0.385 e. The lowest BCUT2D eigenvalue weighted by Crippen LogP contribution is -2.45. The molecule has 0 saturated heterocycles. The number of rotatable bonds is 26. The molecule has 210 valence electrons. The smallest absolute Gasteiger partial charge is 0.320 e. The lowest BCUT2D eigenvalue weighted by Gasteiger charge is -2.35. The van der Waals surface area contributed by atoms with Crippen LogP contribution in [0.4, 0.5) is 0 Å². The lowest BCUT2D eigenvalue weighted by molar-refractivity contribution is -0.883. The van der Waals surface area contributed by atoms with Crippen LogP contribution in [0.1, 0.15) is 149 Å². The molecule has 2 unspecified atom stereocenters. The summed E-state index contributed by atoms with van der Waals surface area (Å²) < 4.78 is 18.6. The number of quaternary nitrogens is 1. The van der Waals surface area contributed by atoms with Gasteiger partial charge in [-0.25, -0.2) is 0 Å². The molecule has 0 heterocycles. The normalized spacial score (nSPS) is 15.0. The van der Waals surface area contributed by atoms with Crippen molar-refractivity contribution in [2.75, 3.05) is 27.7 Å². The van der Waals surface area contributed by atoms with Crippen molar-refractivity contribution < 1.29 is 18.5 Å². The number of hydrogen-bond donors (Lipinski definition) is 1. The van der Waals surface area contributed by atoms with Gasteiger partial charge in [-0.3, -0.25) is 4.57 Å². The van der Waals surface area contributed by atoms with Crippen LogP contribution >= 0.6 is 7.60 Å². The van der Waals surface area contributed by atoms with E-state index in [0.29, 0.717) is 17.5 Å². The minimum atomic E-state index is -3.59. The fourth-order valence-electron chi connectivity index (χ4n) is 4.77. The maximum atomic E-state index is 12.7. The van der Waals surface area contributed by atoms with Gasteiger partial charge in [0, 0.05) is 6.42 Å². The zero-order valence-corrected chi connectivity index (χ0v) is 25.3. The van der Waals surface area contributed by atoms with E-state index in [2.05, 4.69) is 19.1 Å². The van der Waals surface area contributed by atoms with Crippen LogP contribution in [0.25, 0.3) is 0 Å². The van der Waals surface area contributed by atoms with Gasteiger partial charge in [-0.1, -0.05) is 122 Å². The van der Waals surface area contributed by atoms with E-state index in [1.807, 2.05) is 28.1 Å². The van der Waals surface area contributed by atoms with Crippen LogP contribution in [-0.2, 0) is 9.09 Å². The highest BCUT2D eigenvalue weighted by molar-refractivity contribution is 7.53. The molecule has 0 aliphatic rings. The summed E-state index contributed by atoms with van der Waals surface area (Å²) in [6.45, 7) is 4.69. The monoisotopic (exact) mass is 516 g/mol. The Hall–Kier alpha value is -0.150. The topological polar surface area (TPSA) is 46.5 Å². The Balaban J connectivity index is 3.49. The molecule has 35 heavy (non-hydrogen) atoms. The van der Waals surface area contributed by atoms with Gasteiger partial charge in [-0.15, -0.1) is 0 Å². The standard InChI is InChI=1S/C30H62NO3P/c1-6-8-9-10-11-12-13-14-15-16-17-18-19-20-21-22-23-24-25-26-27-29-34-35(32,33)30(28-7-2)31(3,4)5/h24-25,30H,6-23,26-29H2,1-5H3/p+1/b25-24-. The van der Waals surface area contributed by atoms with Crippen LogP contribution in [0, 0.1) is 0 Å². The molecule has 0 rings (SSSR count). The molecule has 0 fully saturated rings. The average molecular weight is 517 g/mol. The Morgan fingerprint density at radius 2 is 1.06 bits per heavy atom. The Kier molecular flexibility index (Phi) is 22.9. The zero-order valence-electron chi connectivity index (χ0n) is 24.4. The van der Waals surface area contributed by atoms with Crippen molar-refractivity contribution in [2.24, 2.45) is 0 Å². The predicted molar refractivity (Wildman–Crippen MR) is 155 cm³/mol. The van der Waals surface area contributed by atoms with E-state index in [-0.39, 0.29) is 5.78 Å². The van der Waals surface area contributed by atoms with E-state index in [1.165, 1.54) is 103 Å². The van der Waals surface area contributed by atoms with Crippen molar-refractivity contribution in [3.63, 3.8) is 0 Å². The molecule has 0 amide bonds. The number of allylic oxidation sites excluding steroid dienone is 2. The van der Waals surface area contributed by atoms with Crippen molar-refractivity contribution in [3.8, 4) is 0 Å². The number of nitrogens with zero attached hydrogens (tertiary/aromatic N) is 1. The molecule has 0 bridgehead atoms. The van der Waals surface area contributed by atoms with Crippen molar-refractivity contribution in [1.82, 2.24) is 0 Å². The van der Waals surface area contributed by atoms with Gasteiger partial charge in [0.05, 0.1) is 27.7 Å². The van der Waals surface area contributed by atoms with Crippen LogP contribution in [0.2, 0.25) is 0 Å². The van der Waals surface area contributed by atoms with Gasteiger partial charge in [-0.05, 0) is 32.1 Å². The summed E-state index contributed by atoms with van der Waals surface area (Å²) in [4.78, 5) is 10.4.